The van der Waals surface area contributed by atoms with Crippen molar-refractivity contribution in [2.24, 2.45) is 0 Å². The summed E-state index contributed by atoms with van der Waals surface area (Å²) in [5, 5.41) is 27.4. The highest BCUT2D eigenvalue weighted by molar-refractivity contribution is 6.32. The van der Waals surface area contributed by atoms with Gasteiger partial charge in [0.15, 0.2) is 0 Å². The lowest BCUT2D eigenvalue weighted by molar-refractivity contribution is 0.198. The van der Waals surface area contributed by atoms with E-state index in [9.17, 15) is 15.2 Å². The number of benzene rings is 2. The lowest BCUT2D eigenvalue weighted by Crippen LogP contribution is -2.41. The normalized spacial score (nSPS) is 18.1. The highest BCUT2D eigenvalue weighted by Crippen LogP contribution is 2.45. The van der Waals surface area contributed by atoms with Gasteiger partial charge in [-0.25, -0.2) is 4.79 Å². The van der Waals surface area contributed by atoms with Gasteiger partial charge in [-0.15, -0.1) is 0 Å². The third-order valence-electron chi connectivity index (χ3n) is 6.82. The summed E-state index contributed by atoms with van der Waals surface area (Å²) >= 11 is 6.44. The highest BCUT2D eigenvalue weighted by Gasteiger charge is 2.32. The third kappa shape index (κ3) is 4.45. The summed E-state index contributed by atoms with van der Waals surface area (Å²) in [7, 11) is 0. The Bertz CT molecular complexity index is 1310. The molecule has 2 aliphatic rings. The molecule has 9 heteroatoms. The van der Waals surface area contributed by atoms with Gasteiger partial charge >= 0.3 is 6.09 Å². The Kier molecular flexibility index (Phi) is 6.37. The number of nitrogens with zero attached hydrogens (tertiary/aromatic N) is 4. The molecule has 0 saturated carbocycles. The summed E-state index contributed by atoms with van der Waals surface area (Å²) in [6.07, 6.45) is 6.24. The Hall–Kier alpha value is -3.54. The number of nitrogens with one attached hydrogen (secondary N) is 1. The molecule has 0 radical (unpaired) electrons. The van der Waals surface area contributed by atoms with Crippen LogP contribution in [0.25, 0.3) is 11.1 Å². The molecule has 0 aliphatic carbocycles. The van der Waals surface area contributed by atoms with Crippen LogP contribution in [-0.2, 0) is 6.42 Å². The van der Waals surface area contributed by atoms with E-state index in [0.717, 1.165) is 42.6 Å². The second-order valence-corrected chi connectivity index (χ2v) is 9.44. The minimum Gasteiger partial charge on any atom is -0.465 e. The highest BCUT2D eigenvalue weighted by atomic mass is 35.5. The fourth-order valence-electron chi connectivity index (χ4n) is 4.95. The van der Waals surface area contributed by atoms with Crippen LogP contribution >= 0.6 is 11.6 Å². The summed E-state index contributed by atoms with van der Waals surface area (Å²) < 4.78 is 8.42. The second kappa shape index (κ2) is 9.61. The van der Waals surface area contributed by atoms with Gasteiger partial charge in [0.25, 0.3) is 0 Å². The van der Waals surface area contributed by atoms with Crippen molar-refractivity contribution >= 4 is 23.4 Å². The fourth-order valence-corrected chi connectivity index (χ4v) is 5.17. The fraction of sp³-hybridized carbons (Fsp3) is 0.346. The van der Waals surface area contributed by atoms with E-state index < -0.39 is 6.09 Å². The van der Waals surface area contributed by atoms with Crippen LogP contribution < -0.4 is 15.0 Å². The molecule has 0 spiro atoms. The van der Waals surface area contributed by atoms with Crippen LogP contribution in [0.15, 0.2) is 42.7 Å². The van der Waals surface area contributed by atoms with Crippen LogP contribution in [0, 0.1) is 11.3 Å². The zero-order valence-corrected chi connectivity index (χ0v) is 20.1. The number of ether oxygens (including phenoxy) is 1. The minimum atomic E-state index is -0.993. The molecule has 0 bridgehead atoms. The zero-order valence-electron chi connectivity index (χ0n) is 19.4. The van der Waals surface area contributed by atoms with E-state index >= 15 is 0 Å². The maximum absolute atomic E-state index is 12.1. The molecule has 1 atom stereocenters. The standard InChI is InChI=1S/C26H26ClN5O3/c1-16-2-4-21-23(32(16)26(33)34)6-5-20(18-14-30-31(15-18)19-8-10-29-11-9-19)25(21)35-24-7-3-17(13-28)12-22(24)27/h3,5-7,12,14-16,19,29H,2,4,8-11H2,1H3,(H,33,34)/t16-/m0/s1. The molecule has 8 nitrogen and oxygen atoms in total. The topological polar surface area (TPSA) is 103 Å². The largest absolute Gasteiger partial charge is 0.465 e. The first-order valence-electron chi connectivity index (χ1n) is 11.8. The predicted octanol–water partition coefficient (Wildman–Crippen LogP) is 5.61. The molecule has 1 aromatic heterocycles. The molecule has 2 aromatic carbocycles. The van der Waals surface area contributed by atoms with Crippen LogP contribution in [0.4, 0.5) is 10.5 Å². The molecule has 2 N–H and O–H groups in total. The summed E-state index contributed by atoms with van der Waals surface area (Å²) in [6.45, 7) is 3.84. The summed E-state index contributed by atoms with van der Waals surface area (Å²) in [5.74, 6) is 0.976. The number of halogens is 1. The first-order valence-corrected chi connectivity index (χ1v) is 12.1. The van der Waals surface area contributed by atoms with Crippen LogP contribution in [0.5, 0.6) is 11.5 Å². The Labute approximate surface area is 208 Å². The lowest BCUT2D eigenvalue weighted by atomic mass is 9.92. The van der Waals surface area contributed by atoms with Gasteiger partial charge in [0.05, 0.1) is 34.6 Å². The molecule has 1 amide bonds. The van der Waals surface area contributed by atoms with Crippen molar-refractivity contribution in [3.05, 3.63) is 58.9 Å². The molecule has 1 fully saturated rings. The van der Waals surface area contributed by atoms with Gasteiger partial charge < -0.3 is 15.2 Å². The Morgan fingerprint density at radius 2 is 2.06 bits per heavy atom. The molecule has 3 aromatic rings. The maximum Gasteiger partial charge on any atom is 0.412 e. The summed E-state index contributed by atoms with van der Waals surface area (Å²) in [5.41, 5.74) is 3.59. The number of carbonyl (C=O) groups is 1. The quantitative estimate of drug-likeness (QED) is 0.491. The van der Waals surface area contributed by atoms with E-state index in [2.05, 4.69) is 16.5 Å². The number of hydrogen-bond acceptors (Lipinski definition) is 5. The van der Waals surface area contributed by atoms with E-state index in [1.54, 1.807) is 18.2 Å². The smallest absolute Gasteiger partial charge is 0.412 e. The number of amides is 1. The van der Waals surface area contributed by atoms with Crippen molar-refractivity contribution in [2.75, 3.05) is 18.0 Å². The van der Waals surface area contributed by atoms with Crippen molar-refractivity contribution in [2.45, 2.75) is 44.7 Å². The Balaban J connectivity index is 1.61. The van der Waals surface area contributed by atoms with Crippen LogP contribution in [0.2, 0.25) is 5.02 Å². The lowest BCUT2D eigenvalue weighted by Gasteiger charge is -2.34. The zero-order chi connectivity index (χ0) is 24.5. The number of aromatic nitrogens is 2. The van der Waals surface area contributed by atoms with Gasteiger partial charge in [-0.3, -0.25) is 9.58 Å². The first kappa shape index (κ1) is 23.2. The maximum atomic E-state index is 12.1. The van der Waals surface area contributed by atoms with Crippen molar-refractivity contribution < 1.29 is 14.6 Å². The van der Waals surface area contributed by atoms with Crippen molar-refractivity contribution in [3.8, 4) is 28.7 Å². The number of carboxylic acid groups (broad SMARTS) is 1. The van der Waals surface area contributed by atoms with E-state index in [-0.39, 0.29) is 6.04 Å². The van der Waals surface area contributed by atoms with E-state index in [1.165, 1.54) is 4.90 Å². The molecule has 3 heterocycles. The molecule has 1 saturated heterocycles. The van der Waals surface area contributed by atoms with Gasteiger partial charge in [-0.2, -0.15) is 10.4 Å². The van der Waals surface area contributed by atoms with Gasteiger partial charge in [-0.1, -0.05) is 11.6 Å². The predicted molar refractivity (Wildman–Crippen MR) is 133 cm³/mol. The number of anilines is 1. The molecule has 5 rings (SSSR count). The Morgan fingerprint density at radius 1 is 1.26 bits per heavy atom. The number of nitriles is 1. The molecule has 2 aliphatic heterocycles. The number of piperidine rings is 1. The third-order valence-corrected chi connectivity index (χ3v) is 7.12. The van der Waals surface area contributed by atoms with Crippen molar-refractivity contribution in [1.29, 1.82) is 5.26 Å². The van der Waals surface area contributed by atoms with Crippen LogP contribution in [0.1, 0.15) is 43.4 Å². The van der Waals surface area contributed by atoms with Gasteiger partial charge in [0.2, 0.25) is 0 Å². The monoisotopic (exact) mass is 491 g/mol. The van der Waals surface area contributed by atoms with E-state index in [4.69, 9.17) is 16.3 Å². The van der Waals surface area contributed by atoms with Crippen molar-refractivity contribution in [3.63, 3.8) is 0 Å². The Morgan fingerprint density at radius 3 is 2.77 bits per heavy atom. The molecular formula is C26H26ClN5O3. The number of rotatable bonds is 4. The van der Waals surface area contributed by atoms with Crippen LogP contribution in [-0.4, -0.2) is 40.1 Å². The SMILES string of the molecule is C[C@H]1CCc2c(ccc(-c3cnn(C4CCNCC4)c3)c2Oc2ccc(C#N)cc2Cl)N1C(=O)O. The average molecular weight is 492 g/mol. The van der Waals surface area contributed by atoms with Crippen LogP contribution in [0.3, 0.4) is 0 Å². The van der Waals surface area contributed by atoms with Crippen molar-refractivity contribution in [1.82, 2.24) is 15.1 Å². The number of hydrogen-bond donors (Lipinski definition) is 2. The first-order chi connectivity index (χ1) is 17.0. The van der Waals surface area contributed by atoms with Gasteiger partial charge in [0, 0.05) is 28.9 Å². The molecular weight excluding hydrogens is 466 g/mol. The van der Waals surface area contributed by atoms with Gasteiger partial charge in [0.1, 0.15) is 11.5 Å². The van der Waals surface area contributed by atoms with Gasteiger partial charge in [-0.05, 0) is 76.0 Å². The summed E-state index contributed by atoms with van der Waals surface area (Å²) in [4.78, 5) is 13.5. The minimum absolute atomic E-state index is 0.139. The molecule has 180 valence electrons. The summed E-state index contributed by atoms with van der Waals surface area (Å²) in [6, 6.07) is 10.9. The average Bonchev–Trinajstić information content (AvgIpc) is 3.35. The molecule has 35 heavy (non-hydrogen) atoms. The molecule has 0 unspecified atom stereocenters. The number of fused-ring (bicyclic) bond motifs is 1. The van der Waals surface area contributed by atoms with E-state index in [0.29, 0.717) is 46.7 Å². The second-order valence-electron chi connectivity index (χ2n) is 9.03. The van der Waals surface area contributed by atoms with E-state index in [1.807, 2.05) is 36.1 Å².